The van der Waals surface area contributed by atoms with Gasteiger partial charge in [0.1, 0.15) is 29.2 Å². The second kappa shape index (κ2) is 11.0. The highest BCUT2D eigenvalue weighted by Crippen LogP contribution is 2.38. The van der Waals surface area contributed by atoms with Crippen LogP contribution in [0, 0.1) is 29.8 Å². The van der Waals surface area contributed by atoms with Gasteiger partial charge in [-0.15, -0.1) is 10.2 Å². The molecule has 0 amide bonds. The fraction of sp³-hybridized carbons (Fsp3) is 0.200. The molecule has 1 aromatic heterocycles. The van der Waals surface area contributed by atoms with Gasteiger partial charge in [0.05, 0.1) is 4.47 Å². The first-order valence-electron chi connectivity index (χ1n) is 10.7. The number of ether oxygens (including phenoxy) is 1. The highest BCUT2D eigenvalue weighted by molar-refractivity contribution is 9.10. The van der Waals surface area contributed by atoms with E-state index in [0.29, 0.717) is 33.5 Å². The second-order valence-electron chi connectivity index (χ2n) is 7.93. The van der Waals surface area contributed by atoms with Gasteiger partial charge in [-0.05, 0) is 77.3 Å². The van der Waals surface area contributed by atoms with Crippen molar-refractivity contribution in [3.8, 4) is 11.4 Å². The molecule has 0 unspecified atom stereocenters. The predicted molar refractivity (Wildman–Crippen MR) is 136 cm³/mol. The van der Waals surface area contributed by atoms with Crippen LogP contribution in [0.5, 0.6) is 5.75 Å². The maximum atomic E-state index is 13.4. The predicted octanol–water partition coefficient (Wildman–Crippen LogP) is 6.47. The Labute approximate surface area is 214 Å². The molecule has 0 N–H and O–H groups in total. The van der Waals surface area contributed by atoms with Crippen molar-refractivity contribution in [2.45, 2.75) is 30.9 Å². The van der Waals surface area contributed by atoms with Gasteiger partial charge in [-0.2, -0.15) is 0 Å². The van der Waals surface area contributed by atoms with Gasteiger partial charge in [-0.25, -0.2) is 4.39 Å². The van der Waals surface area contributed by atoms with E-state index in [2.05, 4.69) is 26.1 Å². The van der Waals surface area contributed by atoms with E-state index in [1.807, 2.05) is 43.3 Å². The lowest BCUT2D eigenvalue weighted by Gasteiger charge is -2.16. The van der Waals surface area contributed by atoms with Crippen molar-refractivity contribution < 1.29 is 14.1 Å². The Hall–Kier alpha value is -3.24. The molecule has 1 heterocycles. The third kappa shape index (κ3) is 6.26. The first-order chi connectivity index (χ1) is 16.8. The molecule has 0 spiro atoms. The number of hydrogen-bond acceptors (Lipinski definition) is 6. The minimum atomic E-state index is -0.532. The van der Waals surface area contributed by atoms with Crippen molar-refractivity contribution in [2.75, 3.05) is 6.54 Å². The average Bonchev–Trinajstić information content (AvgIpc) is 3.19. The van der Waals surface area contributed by atoms with E-state index in [1.54, 1.807) is 29.7 Å². The van der Waals surface area contributed by atoms with Gasteiger partial charge in [0.25, 0.3) is 0 Å². The Balaban J connectivity index is 1.56. The molecule has 0 fully saturated rings. The number of nitro groups is 1. The maximum Gasteiger partial charge on any atom is 0.220 e. The molecule has 3 aromatic carbocycles. The van der Waals surface area contributed by atoms with E-state index in [4.69, 9.17) is 4.74 Å². The van der Waals surface area contributed by atoms with Crippen LogP contribution in [0.15, 0.2) is 76.4 Å². The monoisotopic (exact) mass is 556 g/mol. The standard InChI is InChI=1S/C25H22BrFN4O3S/c1-16-3-5-18(6-4-16)15-34-23-12-7-19(13-22(23)26)24(14-30(32)33)35-25-29-28-17(2)31(25)21-10-8-20(27)9-11-21/h3-13,24H,14-15H2,1-2H3/t24-/m1/s1. The minimum Gasteiger partial charge on any atom is -0.488 e. The smallest absolute Gasteiger partial charge is 0.220 e. The second-order valence-corrected chi connectivity index (χ2v) is 9.95. The van der Waals surface area contributed by atoms with Crippen LogP contribution in [0.2, 0.25) is 0 Å². The highest BCUT2D eigenvalue weighted by Gasteiger charge is 2.24. The lowest BCUT2D eigenvalue weighted by molar-refractivity contribution is -0.479. The Morgan fingerprint density at radius 1 is 1.09 bits per heavy atom. The normalized spacial score (nSPS) is 11.9. The molecule has 0 radical (unpaired) electrons. The first-order valence-corrected chi connectivity index (χ1v) is 12.4. The summed E-state index contributed by atoms with van der Waals surface area (Å²) in [6.07, 6.45) is 0. The van der Waals surface area contributed by atoms with Crippen molar-refractivity contribution >= 4 is 27.7 Å². The largest absolute Gasteiger partial charge is 0.488 e. The molecule has 7 nitrogen and oxygen atoms in total. The topological polar surface area (TPSA) is 83.1 Å². The van der Waals surface area contributed by atoms with Crippen molar-refractivity contribution in [2.24, 2.45) is 0 Å². The summed E-state index contributed by atoms with van der Waals surface area (Å²) in [5.74, 6) is 0.888. The zero-order valence-electron chi connectivity index (χ0n) is 19.0. The molecule has 180 valence electrons. The van der Waals surface area contributed by atoms with Crippen LogP contribution in [-0.2, 0) is 6.61 Å². The van der Waals surface area contributed by atoms with Crippen molar-refractivity contribution in [3.63, 3.8) is 0 Å². The summed E-state index contributed by atoms with van der Waals surface area (Å²) in [5.41, 5.74) is 3.65. The number of nitrogens with zero attached hydrogens (tertiary/aromatic N) is 4. The van der Waals surface area contributed by atoms with Crippen LogP contribution < -0.4 is 4.74 Å². The van der Waals surface area contributed by atoms with Crippen LogP contribution in [-0.4, -0.2) is 26.2 Å². The fourth-order valence-electron chi connectivity index (χ4n) is 3.46. The van der Waals surface area contributed by atoms with E-state index in [1.165, 1.54) is 29.5 Å². The number of rotatable bonds is 9. The van der Waals surface area contributed by atoms with E-state index >= 15 is 0 Å². The lowest BCUT2D eigenvalue weighted by Crippen LogP contribution is -2.11. The lowest BCUT2D eigenvalue weighted by atomic mass is 10.1. The van der Waals surface area contributed by atoms with Crippen LogP contribution in [0.25, 0.3) is 5.69 Å². The Kier molecular flexibility index (Phi) is 7.82. The van der Waals surface area contributed by atoms with Crippen molar-refractivity contribution in [3.05, 3.63) is 110 Å². The SMILES string of the molecule is Cc1ccc(COc2ccc([C@@H](C[N+](=O)[O-])Sc3nnc(C)n3-c3ccc(F)cc3)cc2Br)cc1. The van der Waals surface area contributed by atoms with Gasteiger partial charge in [0.2, 0.25) is 6.54 Å². The van der Waals surface area contributed by atoms with Crippen LogP contribution >= 0.6 is 27.7 Å². The molecule has 1 atom stereocenters. The molecule has 4 rings (SSSR count). The molecule has 4 aromatic rings. The number of halogens is 2. The fourth-order valence-corrected chi connectivity index (χ4v) is 5.14. The minimum absolute atomic E-state index is 0.310. The maximum absolute atomic E-state index is 13.4. The van der Waals surface area contributed by atoms with E-state index in [9.17, 15) is 14.5 Å². The van der Waals surface area contributed by atoms with E-state index in [-0.39, 0.29) is 17.3 Å². The molecule has 0 aliphatic carbocycles. The number of thioether (sulfide) groups is 1. The van der Waals surface area contributed by atoms with Gasteiger partial charge < -0.3 is 4.74 Å². The molecule has 0 aliphatic rings. The summed E-state index contributed by atoms with van der Waals surface area (Å²) in [6, 6.07) is 19.5. The number of aromatic nitrogens is 3. The average molecular weight is 557 g/mol. The number of aryl methyl sites for hydroxylation is 2. The van der Waals surface area contributed by atoms with Gasteiger partial charge in [0, 0.05) is 10.6 Å². The number of benzene rings is 3. The zero-order chi connectivity index (χ0) is 24.9. The van der Waals surface area contributed by atoms with Crippen LogP contribution in [0.4, 0.5) is 4.39 Å². The highest BCUT2D eigenvalue weighted by atomic mass is 79.9. The molecule has 10 heteroatoms. The first kappa shape index (κ1) is 24.9. The van der Waals surface area contributed by atoms with Crippen LogP contribution in [0.1, 0.15) is 27.8 Å². The summed E-state index contributed by atoms with van der Waals surface area (Å²) in [5, 5.41) is 19.8. The molecule has 0 saturated carbocycles. The van der Waals surface area contributed by atoms with E-state index < -0.39 is 5.25 Å². The molecule has 35 heavy (non-hydrogen) atoms. The molecular weight excluding hydrogens is 535 g/mol. The summed E-state index contributed by atoms with van der Waals surface area (Å²) < 4.78 is 21.8. The van der Waals surface area contributed by atoms with Gasteiger partial charge in [-0.3, -0.25) is 14.7 Å². The van der Waals surface area contributed by atoms with Gasteiger partial charge >= 0.3 is 0 Å². The third-order valence-electron chi connectivity index (χ3n) is 5.29. The summed E-state index contributed by atoms with van der Waals surface area (Å²) in [7, 11) is 0. The Morgan fingerprint density at radius 2 is 1.80 bits per heavy atom. The summed E-state index contributed by atoms with van der Waals surface area (Å²) in [6.45, 7) is 3.91. The summed E-state index contributed by atoms with van der Waals surface area (Å²) in [4.78, 5) is 11.1. The Bertz CT molecular complexity index is 1330. The molecule has 0 aliphatic heterocycles. The van der Waals surface area contributed by atoms with E-state index in [0.717, 1.165) is 11.1 Å². The molecule has 0 bridgehead atoms. The Morgan fingerprint density at radius 3 is 2.46 bits per heavy atom. The third-order valence-corrected chi connectivity index (χ3v) is 7.09. The van der Waals surface area contributed by atoms with Crippen LogP contribution in [0.3, 0.4) is 0 Å². The van der Waals surface area contributed by atoms with Crippen molar-refractivity contribution in [1.29, 1.82) is 0 Å². The van der Waals surface area contributed by atoms with Gasteiger partial charge in [0.15, 0.2) is 5.16 Å². The number of hydrogen-bond donors (Lipinski definition) is 0. The zero-order valence-corrected chi connectivity index (χ0v) is 21.4. The van der Waals surface area contributed by atoms with Crippen molar-refractivity contribution in [1.82, 2.24) is 14.8 Å². The molecule has 0 saturated heterocycles. The quantitative estimate of drug-likeness (QED) is 0.133. The van der Waals surface area contributed by atoms with Gasteiger partial charge in [-0.1, -0.05) is 47.7 Å². The summed E-state index contributed by atoms with van der Waals surface area (Å²) >= 11 is 4.78. The molecular formula is C25H22BrFN4O3S.